The molecule has 1 atom stereocenters. The largest absolute Gasteiger partial charge is 0.481 e. The fourth-order valence-electron chi connectivity index (χ4n) is 1.86. The Kier molecular flexibility index (Phi) is 4.27. The number of aromatic nitrogens is 2. The number of carboxylic acids is 1. The minimum absolute atomic E-state index is 0.0162. The molecule has 0 aliphatic heterocycles. The number of aliphatic carboxylic acids is 1. The number of carbonyl (C=O) groups is 1. The first kappa shape index (κ1) is 14.6. The summed E-state index contributed by atoms with van der Waals surface area (Å²) in [7, 11) is 0. The Morgan fingerprint density at radius 1 is 1.43 bits per heavy atom. The van der Waals surface area contributed by atoms with Gasteiger partial charge in [0.2, 0.25) is 11.7 Å². The zero-order valence-corrected chi connectivity index (χ0v) is 11.2. The number of rotatable bonds is 6. The van der Waals surface area contributed by atoms with Crippen molar-refractivity contribution in [2.45, 2.75) is 19.8 Å². The smallest absolute Gasteiger partial charge is 0.303 e. The van der Waals surface area contributed by atoms with Gasteiger partial charge in [0.1, 0.15) is 0 Å². The Bertz CT molecular complexity index is 650. The molecule has 0 bridgehead atoms. The summed E-state index contributed by atoms with van der Waals surface area (Å²) in [5, 5.41) is 23.1. The first-order valence-electron chi connectivity index (χ1n) is 6.25. The molecule has 1 unspecified atom stereocenters. The predicted octanol–water partition coefficient (Wildman–Crippen LogP) is 2.30. The average Bonchev–Trinajstić information content (AvgIpc) is 2.86. The maximum Gasteiger partial charge on any atom is 0.303 e. The Morgan fingerprint density at radius 2 is 2.10 bits per heavy atom. The SMILES string of the molecule is CC(CC(=O)O)Cc1nc(-c2ccc([N+](=O)[O-])cc2)no1. The molecule has 8 heteroatoms. The van der Waals surface area contributed by atoms with Gasteiger partial charge in [-0.25, -0.2) is 0 Å². The first-order chi connectivity index (χ1) is 9.95. The first-order valence-corrected chi connectivity index (χ1v) is 6.25. The normalized spacial score (nSPS) is 12.0. The van der Waals surface area contributed by atoms with Crippen LogP contribution in [0.5, 0.6) is 0 Å². The van der Waals surface area contributed by atoms with Crippen LogP contribution in [0.4, 0.5) is 5.69 Å². The number of nitro benzene ring substituents is 1. The highest BCUT2D eigenvalue weighted by molar-refractivity contribution is 5.67. The summed E-state index contributed by atoms with van der Waals surface area (Å²) in [6.45, 7) is 1.78. The van der Waals surface area contributed by atoms with E-state index in [1.165, 1.54) is 24.3 Å². The lowest BCUT2D eigenvalue weighted by molar-refractivity contribution is -0.384. The van der Waals surface area contributed by atoms with E-state index in [-0.39, 0.29) is 18.0 Å². The van der Waals surface area contributed by atoms with Crippen molar-refractivity contribution in [3.63, 3.8) is 0 Å². The van der Waals surface area contributed by atoms with Crippen LogP contribution in [0.3, 0.4) is 0 Å². The summed E-state index contributed by atoms with van der Waals surface area (Å²) in [6.07, 6.45) is 0.390. The standard InChI is InChI=1S/C13H13N3O5/c1-8(7-12(17)18)6-11-14-13(15-21-11)9-2-4-10(5-3-9)16(19)20/h2-5,8H,6-7H2,1H3,(H,17,18). The van der Waals surface area contributed by atoms with Gasteiger partial charge >= 0.3 is 5.97 Å². The second-order valence-electron chi connectivity index (χ2n) is 4.72. The van der Waals surface area contributed by atoms with Gasteiger partial charge < -0.3 is 9.63 Å². The van der Waals surface area contributed by atoms with E-state index in [2.05, 4.69) is 10.1 Å². The van der Waals surface area contributed by atoms with E-state index in [1.807, 2.05) is 0 Å². The highest BCUT2D eigenvalue weighted by Crippen LogP contribution is 2.20. The fourth-order valence-corrected chi connectivity index (χ4v) is 1.86. The molecule has 1 aromatic carbocycles. The van der Waals surface area contributed by atoms with Crippen molar-refractivity contribution >= 4 is 11.7 Å². The van der Waals surface area contributed by atoms with Crippen molar-refractivity contribution in [2.75, 3.05) is 0 Å². The third kappa shape index (κ3) is 3.85. The molecule has 2 rings (SSSR count). The number of non-ortho nitro benzene ring substituents is 1. The second kappa shape index (κ2) is 6.12. The topological polar surface area (TPSA) is 119 Å². The lowest BCUT2D eigenvalue weighted by atomic mass is 10.0. The van der Waals surface area contributed by atoms with Gasteiger partial charge in [-0.1, -0.05) is 12.1 Å². The van der Waals surface area contributed by atoms with Crippen molar-refractivity contribution in [1.82, 2.24) is 10.1 Å². The highest BCUT2D eigenvalue weighted by atomic mass is 16.6. The van der Waals surface area contributed by atoms with E-state index in [0.29, 0.717) is 23.7 Å². The van der Waals surface area contributed by atoms with Crippen molar-refractivity contribution in [2.24, 2.45) is 5.92 Å². The Labute approximate surface area is 119 Å². The number of carboxylic acid groups (broad SMARTS) is 1. The molecule has 0 aliphatic carbocycles. The summed E-state index contributed by atoms with van der Waals surface area (Å²) in [4.78, 5) is 24.8. The van der Waals surface area contributed by atoms with Crippen LogP contribution in [0, 0.1) is 16.0 Å². The molecule has 0 saturated heterocycles. The van der Waals surface area contributed by atoms with Crippen LogP contribution in [-0.4, -0.2) is 26.1 Å². The van der Waals surface area contributed by atoms with Crippen LogP contribution in [0.1, 0.15) is 19.2 Å². The van der Waals surface area contributed by atoms with E-state index in [9.17, 15) is 14.9 Å². The quantitative estimate of drug-likeness (QED) is 0.640. The molecule has 1 N–H and O–H groups in total. The summed E-state index contributed by atoms with van der Waals surface area (Å²) in [5.41, 5.74) is 0.582. The molecule has 1 heterocycles. The molecule has 0 spiro atoms. The molecule has 1 aromatic heterocycles. The van der Waals surface area contributed by atoms with Crippen LogP contribution >= 0.6 is 0 Å². The maximum absolute atomic E-state index is 10.6. The molecule has 8 nitrogen and oxygen atoms in total. The number of nitrogens with zero attached hydrogens (tertiary/aromatic N) is 3. The van der Waals surface area contributed by atoms with Crippen molar-refractivity contribution in [3.8, 4) is 11.4 Å². The van der Waals surface area contributed by atoms with Crippen molar-refractivity contribution in [3.05, 3.63) is 40.3 Å². The molecule has 2 aromatic rings. The number of benzene rings is 1. The van der Waals surface area contributed by atoms with Gasteiger partial charge in [0.15, 0.2) is 0 Å². The second-order valence-corrected chi connectivity index (χ2v) is 4.72. The number of hydrogen-bond acceptors (Lipinski definition) is 6. The minimum atomic E-state index is -0.877. The molecule has 0 aliphatic rings. The molecular formula is C13H13N3O5. The molecule has 0 amide bonds. The lowest BCUT2D eigenvalue weighted by Crippen LogP contribution is -2.07. The summed E-state index contributed by atoms with van der Waals surface area (Å²) in [5.74, 6) is -0.329. The van der Waals surface area contributed by atoms with Crippen LogP contribution in [-0.2, 0) is 11.2 Å². The zero-order valence-electron chi connectivity index (χ0n) is 11.2. The van der Waals surface area contributed by atoms with Crippen LogP contribution in [0.15, 0.2) is 28.8 Å². The van der Waals surface area contributed by atoms with Gasteiger partial charge in [-0.2, -0.15) is 4.98 Å². The zero-order chi connectivity index (χ0) is 15.4. The van der Waals surface area contributed by atoms with Crippen LogP contribution < -0.4 is 0 Å². The van der Waals surface area contributed by atoms with E-state index < -0.39 is 10.9 Å². The van der Waals surface area contributed by atoms with E-state index in [4.69, 9.17) is 9.63 Å². The number of nitro groups is 1. The van der Waals surface area contributed by atoms with Crippen molar-refractivity contribution < 1.29 is 19.3 Å². The third-order valence-electron chi connectivity index (χ3n) is 2.85. The van der Waals surface area contributed by atoms with Gasteiger partial charge in [0.05, 0.1) is 4.92 Å². The third-order valence-corrected chi connectivity index (χ3v) is 2.85. The summed E-state index contributed by atoms with van der Waals surface area (Å²) >= 11 is 0. The molecule has 0 saturated carbocycles. The molecule has 0 radical (unpaired) electrons. The molecule has 110 valence electrons. The van der Waals surface area contributed by atoms with Gasteiger partial charge in [0, 0.05) is 30.5 Å². The van der Waals surface area contributed by atoms with Crippen molar-refractivity contribution in [1.29, 1.82) is 0 Å². The lowest BCUT2D eigenvalue weighted by Gasteiger charge is -2.03. The minimum Gasteiger partial charge on any atom is -0.481 e. The monoisotopic (exact) mass is 291 g/mol. The van der Waals surface area contributed by atoms with E-state index in [0.717, 1.165) is 0 Å². The Hall–Kier alpha value is -2.77. The molecule has 0 fully saturated rings. The van der Waals surface area contributed by atoms with E-state index in [1.54, 1.807) is 6.92 Å². The fraction of sp³-hybridized carbons (Fsp3) is 0.308. The van der Waals surface area contributed by atoms with Gasteiger partial charge in [-0.05, 0) is 18.1 Å². The van der Waals surface area contributed by atoms with Gasteiger partial charge in [-0.15, -0.1) is 0 Å². The summed E-state index contributed by atoms with van der Waals surface area (Å²) in [6, 6.07) is 5.79. The maximum atomic E-state index is 10.6. The Morgan fingerprint density at radius 3 is 2.67 bits per heavy atom. The highest BCUT2D eigenvalue weighted by Gasteiger charge is 2.15. The predicted molar refractivity (Wildman–Crippen MR) is 71.5 cm³/mol. The van der Waals surface area contributed by atoms with Crippen LogP contribution in [0.25, 0.3) is 11.4 Å². The number of hydrogen-bond donors (Lipinski definition) is 1. The Balaban J connectivity index is 2.08. The molecular weight excluding hydrogens is 278 g/mol. The van der Waals surface area contributed by atoms with E-state index >= 15 is 0 Å². The average molecular weight is 291 g/mol. The molecule has 21 heavy (non-hydrogen) atoms. The van der Waals surface area contributed by atoms with Crippen LogP contribution in [0.2, 0.25) is 0 Å². The van der Waals surface area contributed by atoms with Gasteiger partial charge in [-0.3, -0.25) is 14.9 Å². The summed E-state index contributed by atoms with van der Waals surface area (Å²) < 4.78 is 5.06. The van der Waals surface area contributed by atoms with Gasteiger partial charge in [0.25, 0.3) is 5.69 Å².